The van der Waals surface area contributed by atoms with Gasteiger partial charge < -0.3 is 0 Å². The van der Waals surface area contributed by atoms with Crippen LogP contribution in [0.25, 0.3) is 0 Å². The molecule has 0 aliphatic rings. The van der Waals surface area contributed by atoms with Crippen LogP contribution in [0.2, 0.25) is 0 Å². The Labute approximate surface area is 89.9 Å². The summed E-state index contributed by atoms with van der Waals surface area (Å²) in [4.78, 5) is 14.5. The summed E-state index contributed by atoms with van der Waals surface area (Å²) >= 11 is 2.60. The fourth-order valence-electron chi connectivity index (χ4n) is 0.908. The van der Waals surface area contributed by atoms with Gasteiger partial charge in [-0.1, -0.05) is 0 Å². The first-order chi connectivity index (χ1) is 6.93. The molecular weight excluding hydrogens is 284 g/mol. The normalized spacial score (nSPS) is 11.4. The Morgan fingerprint density at radius 2 is 2.00 bits per heavy atom. The van der Waals surface area contributed by atoms with Crippen molar-refractivity contribution in [1.82, 2.24) is 9.55 Å². The summed E-state index contributed by atoms with van der Waals surface area (Å²) in [6, 6.07) is 0. The Bertz CT molecular complexity index is 406. The van der Waals surface area contributed by atoms with E-state index in [1.54, 1.807) is 0 Å². The van der Waals surface area contributed by atoms with Gasteiger partial charge in [-0.25, -0.2) is 22.5 Å². The number of aromatic nitrogens is 2. The Hall–Kier alpha value is -0.920. The van der Waals surface area contributed by atoms with Gasteiger partial charge in [0.2, 0.25) is 0 Å². The van der Waals surface area contributed by atoms with Gasteiger partial charge in [-0.2, -0.15) is 0 Å². The molecule has 0 N–H and O–H groups in total. The third-order valence-electron chi connectivity index (χ3n) is 1.55. The highest BCUT2D eigenvalue weighted by molar-refractivity contribution is 9.10. The van der Waals surface area contributed by atoms with E-state index in [1.165, 1.54) is 0 Å². The van der Waals surface area contributed by atoms with Crippen molar-refractivity contribution in [2.45, 2.75) is 19.4 Å². The molecule has 8 heteroatoms. The maximum atomic E-state index is 12.2. The zero-order valence-electron chi connectivity index (χ0n) is 7.13. The highest BCUT2D eigenvalue weighted by Crippen LogP contribution is 2.21. The van der Waals surface area contributed by atoms with Gasteiger partial charge in [0.25, 0.3) is 18.4 Å². The van der Waals surface area contributed by atoms with Crippen LogP contribution in [0.5, 0.6) is 0 Å². The Morgan fingerprint density at radius 3 is 2.47 bits per heavy atom. The topological polar surface area (TPSA) is 34.9 Å². The molecule has 1 aromatic heterocycles. The summed E-state index contributed by atoms with van der Waals surface area (Å²) in [6.07, 6.45) is -4.98. The van der Waals surface area contributed by atoms with Crippen LogP contribution < -0.4 is 5.56 Å². The molecular formula is C7H5BrF4N2O. The monoisotopic (exact) mass is 288 g/mol. The van der Waals surface area contributed by atoms with Gasteiger partial charge in [0, 0.05) is 0 Å². The largest absolute Gasteiger partial charge is 0.292 e. The van der Waals surface area contributed by atoms with Crippen molar-refractivity contribution >= 4 is 15.9 Å². The third kappa shape index (κ3) is 2.77. The molecule has 0 aromatic carbocycles. The lowest BCUT2D eigenvalue weighted by atomic mass is 10.4. The van der Waals surface area contributed by atoms with Crippen molar-refractivity contribution in [3.63, 3.8) is 0 Å². The lowest BCUT2D eigenvalue weighted by Crippen LogP contribution is -2.25. The fourth-order valence-corrected chi connectivity index (χ4v) is 1.41. The van der Waals surface area contributed by atoms with Crippen molar-refractivity contribution < 1.29 is 17.6 Å². The molecule has 84 valence electrons. The zero-order valence-corrected chi connectivity index (χ0v) is 8.72. The summed E-state index contributed by atoms with van der Waals surface area (Å²) in [5, 5.41) is 0. The summed E-state index contributed by atoms with van der Waals surface area (Å²) in [6.45, 7) is -0.867. The van der Waals surface area contributed by atoms with Gasteiger partial charge in [0.05, 0.1) is 12.9 Å². The van der Waals surface area contributed by atoms with Gasteiger partial charge in [-0.15, -0.1) is 0 Å². The number of hydrogen-bond donors (Lipinski definition) is 0. The van der Waals surface area contributed by atoms with Crippen LogP contribution in [-0.4, -0.2) is 16.0 Å². The van der Waals surface area contributed by atoms with E-state index in [2.05, 4.69) is 20.9 Å². The molecule has 0 unspecified atom stereocenters. The highest BCUT2D eigenvalue weighted by Gasteiger charge is 2.18. The second-order valence-electron chi connectivity index (χ2n) is 2.59. The van der Waals surface area contributed by atoms with E-state index < -0.39 is 35.1 Å². The Kier molecular flexibility index (Phi) is 3.83. The Balaban J connectivity index is 3.16. The third-order valence-corrected chi connectivity index (χ3v) is 2.30. The Morgan fingerprint density at radius 1 is 1.40 bits per heavy atom. The minimum absolute atomic E-state index is 0.486. The number of alkyl halides is 4. The maximum absolute atomic E-state index is 12.2. The molecule has 1 aromatic rings. The maximum Gasteiger partial charge on any atom is 0.281 e. The van der Waals surface area contributed by atoms with Crippen LogP contribution >= 0.6 is 15.9 Å². The molecule has 0 fully saturated rings. The van der Waals surface area contributed by atoms with Gasteiger partial charge >= 0.3 is 0 Å². The molecule has 0 radical (unpaired) electrons. The molecule has 15 heavy (non-hydrogen) atoms. The average molecular weight is 289 g/mol. The molecule has 1 heterocycles. The van der Waals surface area contributed by atoms with Crippen LogP contribution in [0.3, 0.4) is 0 Å². The number of rotatable bonds is 3. The minimum atomic E-state index is -2.92. The van der Waals surface area contributed by atoms with E-state index in [9.17, 15) is 22.4 Å². The summed E-state index contributed by atoms with van der Waals surface area (Å²) in [7, 11) is 0. The lowest BCUT2D eigenvalue weighted by Gasteiger charge is -2.07. The average Bonchev–Trinajstić information content (AvgIpc) is 2.12. The second-order valence-corrected chi connectivity index (χ2v) is 3.39. The van der Waals surface area contributed by atoms with E-state index >= 15 is 0 Å². The molecule has 3 nitrogen and oxygen atoms in total. The predicted octanol–water partition coefficient (Wildman–Crippen LogP) is 2.21. The first kappa shape index (κ1) is 12.2. The van der Waals surface area contributed by atoms with Crippen LogP contribution in [0.1, 0.15) is 12.1 Å². The number of halogens is 5. The van der Waals surface area contributed by atoms with E-state index in [1.807, 2.05) is 0 Å². The van der Waals surface area contributed by atoms with Crippen LogP contribution in [0.15, 0.2) is 15.6 Å². The predicted molar refractivity (Wildman–Crippen MR) is 47.2 cm³/mol. The molecule has 0 saturated heterocycles. The van der Waals surface area contributed by atoms with Gasteiger partial charge in [0.15, 0.2) is 0 Å². The highest BCUT2D eigenvalue weighted by atomic mass is 79.9. The van der Waals surface area contributed by atoms with Crippen LogP contribution in [0.4, 0.5) is 17.6 Å². The SMILES string of the molecule is O=c1c(Br)c(C(F)F)ncn1CC(F)F. The number of nitrogens with zero attached hydrogens (tertiary/aromatic N) is 2. The van der Waals surface area contributed by atoms with E-state index in [0.717, 1.165) is 0 Å². The quantitative estimate of drug-likeness (QED) is 0.800. The molecule has 0 aliphatic heterocycles. The van der Waals surface area contributed by atoms with Crippen LogP contribution in [-0.2, 0) is 6.54 Å². The second kappa shape index (κ2) is 4.73. The molecule has 1 rings (SSSR count). The van der Waals surface area contributed by atoms with E-state index in [0.29, 0.717) is 10.9 Å². The van der Waals surface area contributed by atoms with E-state index in [4.69, 9.17) is 0 Å². The van der Waals surface area contributed by atoms with Crippen molar-refractivity contribution in [2.24, 2.45) is 0 Å². The van der Waals surface area contributed by atoms with Crippen molar-refractivity contribution in [2.75, 3.05) is 0 Å². The first-order valence-corrected chi connectivity index (χ1v) is 4.54. The van der Waals surface area contributed by atoms with Crippen molar-refractivity contribution in [3.8, 4) is 0 Å². The molecule has 0 bridgehead atoms. The summed E-state index contributed by atoms with van der Waals surface area (Å²) in [5.41, 5.74) is -1.69. The lowest BCUT2D eigenvalue weighted by molar-refractivity contribution is 0.123. The smallest absolute Gasteiger partial charge is 0.281 e. The molecule has 0 atom stereocenters. The molecule has 0 saturated carbocycles. The van der Waals surface area contributed by atoms with Crippen molar-refractivity contribution in [3.05, 3.63) is 26.8 Å². The first-order valence-electron chi connectivity index (χ1n) is 3.74. The fraction of sp³-hybridized carbons (Fsp3) is 0.429. The van der Waals surface area contributed by atoms with Gasteiger partial charge in [-0.3, -0.25) is 9.36 Å². The molecule has 0 amide bonds. The number of hydrogen-bond acceptors (Lipinski definition) is 2. The van der Waals surface area contributed by atoms with Crippen molar-refractivity contribution in [1.29, 1.82) is 0 Å². The minimum Gasteiger partial charge on any atom is -0.292 e. The summed E-state index contributed by atoms with van der Waals surface area (Å²) in [5.74, 6) is 0. The standard InChI is InChI=1S/C7H5BrF4N2O/c8-4-5(6(11)12)13-2-14(7(4)15)1-3(9)10/h2-3,6H,1H2. The van der Waals surface area contributed by atoms with Gasteiger partial charge in [0.1, 0.15) is 10.2 Å². The zero-order chi connectivity index (χ0) is 11.6. The molecule has 0 aliphatic carbocycles. The summed E-state index contributed by atoms with van der Waals surface area (Å²) < 4.78 is 48.4. The van der Waals surface area contributed by atoms with E-state index in [-0.39, 0.29) is 0 Å². The molecule has 0 spiro atoms. The van der Waals surface area contributed by atoms with Crippen LogP contribution in [0, 0.1) is 0 Å². The van der Waals surface area contributed by atoms with Gasteiger partial charge in [-0.05, 0) is 15.9 Å².